The van der Waals surface area contributed by atoms with E-state index in [1.54, 1.807) is 6.20 Å². The molecule has 1 saturated carbocycles. The van der Waals surface area contributed by atoms with Crippen LogP contribution in [0.25, 0.3) is 0 Å². The van der Waals surface area contributed by atoms with Crippen molar-refractivity contribution >= 4 is 27.8 Å². The standard InChI is InChI=1S/C21H26BrN5O/c1-14-7-8-15(11-18(14)22)17-12-19(17)24-21(28)26(2)16-5-4-10-27(13-16)20-6-3-9-23-25-20/h3,6-9,11,16-17,19H,4-5,10,12-13H2,1-2H3,(H,24,28)/t16-,17-,19+/m1/s1. The first-order chi connectivity index (χ1) is 13.5. The summed E-state index contributed by atoms with van der Waals surface area (Å²) in [5.74, 6) is 1.30. The van der Waals surface area contributed by atoms with Gasteiger partial charge in [0.1, 0.15) is 0 Å². The topological polar surface area (TPSA) is 61.4 Å². The predicted molar refractivity (Wildman–Crippen MR) is 114 cm³/mol. The van der Waals surface area contributed by atoms with Crippen molar-refractivity contribution in [3.63, 3.8) is 0 Å². The summed E-state index contributed by atoms with van der Waals surface area (Å²) in [7, 11) is 1.90. The van der Waals surface area contributed by atoms with Gasteiger partial charge in [-0.15, -0.1) is 5.10 Å². The second-order valence-corrected chi connectivity index (χ2v) is 8.70. The van der Waals surface area contributed by atoms with E-state index in [0.29, 0.717) is 5.92 Å². The van der Waals surface area contributed by atoms with E-state index in [1.807, 2.05) is 24.1 Å². The monoisotopic (exact) mass is 443 g/mol. The third-order valence-electron chi connectivity index (χ3n) is 5.87. The van der Waals surface area contributed by atoms with E-state index in [2.05, 4.69) is 61.5 Å². The Kier molecular flexibility index (Phi) is 5.53. The van der Waals surface area contributed by atoms with Crippen molar-refractivity contribution in [2.75, 3.05) is 25.0 Å². The first kappa shape index (κ1) is 19.2. The third kappa shape index (κ3) is 4.14. The number of piperidine rings is 1. The fraction of sp³-hybridized carbons (Fsp3) is 0.476. The molecule has 1 aliphatic heterocycles. The van der Waals surface area contributed by atoms with Gasteiger partial charge < -0.3 is 15.1 Å². The summed E-state index contributed by atoms with van der Waals surface area (Å²) in [6.45, 7) is 3.84. The summed E-state index contributed by atoms with van der Waals surface area (Å²) in [6, 6.07) is 10.8. The molecule has 1 aromatic carbocycles. The van der Waals surface area contributed by atoms with Crippen molar-refractivity contribution < 1.29 is 4.79 Å². The molecular formula is C21H26BrN5O. The van der Waals surface area contributed by atoms with Crippen LogP contribution in [-0.4, -0.2) is 53.3 Å². The van der Waals surface area contributed by atoms with Crippen LogP contribution in [0, 0.1) is 6.92 Å². The van der Waals surface area contributed by atoms with Gasteiger partial charge in [-0.3, -0.25) is 0 Å². The summed E-state index contributed by atoms with van der Waals surface area (Å²) in [4.78, 5) is 16.9. The molecule has 0 radical (unpaired) electrons. The molecule has 2 amide bonds. The van der Waals surface area contributed by atoms with Crippen molar-refractivity contribution in [1.29, 1.82) is 0 Å². The summed E-state index contributed by atoms with van der Waals surface area (Å²) < 4.78 is 1.13. The Bertz CT molecular complexity index is 846. The van der Waals surface area contributed by atoms with Crippen LogP contribution in [0.2, 0.25) is 0 Å². The molecule has 1 saturated heterocycles. The molecule has 0 bridgehead atoms. The number of carbonyl (C=O) groups excluding carboxylic acids is 1. The van der Waals surface area contributed by atoms with Crippen molar-refractivity contribution in [3.8, 4) is 0 Å². The first-order valence-corrected chi connectivity index (χ1v) is 10.6. The Hall–Kier alpha value is -2.15. The van der Waals surface area contributed by atoms with Gasteiger partial charge in [-0.1, -0.05) is 28.1 Å². The highest BCUT2D eigenvalue weighted by atomic mass is 79.9. The second kappa shape index (κ2) is 8.07. The Morgan fingerprint density at radius 2 is 2.21 bits per heavy atom. The van der Waals surface area contributed by atoms with Gasteiger partial charge in [-0.05, 0) is 55.5 Å². The number of urea groups is 1. The summed E-state index contributed by atoms with van der Waals surface area (Å²) in [5, 5.41) is 11.4. The van der Waals surface area contributed by atoms with Crippen LogP contribution in [0.3, 0.4) is 0 Å². The van der Waals surface area contributed by atoms with Gasteiger partial charge >= 0.3 is 6.03 Å². The van der Waals surface area contributed by atoms with E-state index in [1.165, 1.54) is 11.1 Å². The van der Waals surface area contributed by atoms with Crippen molar-refractivity contribution in [2.45, 2.75) is 44.2 Å². The van der Waals surface area contributed by atoms with Crippen LogP contribution in [-0.2, 0) is 0 Å². The average molecular weight is 444 g/mol. The fourth-order valence-electron chi connectivity index (χ4n) is 3.93. The minimum absolute atomic E-state index is 0.0182. The maximum Gasteiger partial charge on any atom is 0.317 e. The lowest BCUT2D eigenvalue weighted by atomic mass is 10.0. The maximum atomic E-state index is 12.8. The molecule has 28 heavy (non-hydrogen) atoms. The highest BCUT2D eigenvalue weighted by Gasteiger charge is 2.40. The minimum Gasteiger partial charge on any atom is -0.353 e. The lowest BCUT2D eigenvalue weighted by Gasteiger charge is -2.38. The maximum absolute atomic E-state index is 12.8. The number of aryl methyl sites for hydroxylation is 1. The fourth-order valence-corrected chi connectivity index (χ4v) is 4.33. The molecule has 2 aliphatic rings. The zero-order valence-electron chi connectivity index (χ0n) is 16.3. The van der Waals surface area contributed by atoms with E-state index < -0.39 is 0 Å². The molecule has 1 aromatic heterocycles. The van der Waals surface area contributed by atoms with Crippen LogP contribution in [0.5, 0.6) is 0 Å². The van der Waals surface area contributed by atoms with Crippen LogP contribution in [0.15, 0.2) is 41.0 Å². The van der Waals surface area contributed by atoms with Gasteiger partial charge in [-0.25, -0.2) is 4.79 Å². The van der Waals surface area contributed by atoms with Gasteiger partial charge in [-0.2, -0.15) is 5.10 Å². The number of nitrogens with zero attached hydrogens (tertiary/aromatic N) is 4. The minimum atomic E-state index is 0.0182. The van der Waals surface area contributed by atoms with E-state index in [0.717, 1.165) is 42.6 Å². The van der Waals surface area contributed by atoms with Crippen LogP contribution >= 0.6 is 15.9 Å². The third-order valence-corrected chi connectivity index (χ3v) is 6.72. The Morgan fingerprint density at radius 1 is 1.36 bits per heavy atom. The number of carbonyl (C=O) groups is 1. The number of benzene rings is 1. The second-order valence-electron chi connectivity index (χ2n) is 7.84. The largest absolute Gasteiger partial charge is 0.353 e. The highest BCUT2D eigenvalue weighted by molar-refractivity contribution is 9.10. The number of rotatable bonds is 4. The summed E-state index contributed by atoms with van der Waals surface area (Å²) >= 11 is 3.60. The van der Waals surface area contributed by atoms with Gasteiger partial charge in [0, 0.05) is 42.8 Å². The zero-order chi connectivity index (χ0) is 19.7. The first-order valence-electron chi connectivity index (χ1n) is 9.85. The van der Waals surface area contributed by atoms with Crippen molar-refractivity contribution in [2.24, 2.45) is 0 Å². The van der Waals surface area contributed by atoms with Gasteiger partial charge in [0.2, 0.25) is 0 Å². The molecule has 1 aliphatic carbocycles. The molecule has 2 fully saturated rings. The van der Waals surface area contributed by atoms with Crippen molar-refractivity contribution in [3.05, 3.63) is 52.1 Å². The van der Waals surface area contributed by atoms with Gasteiger partial charge in [0.15, 0.2) is 5.82 Å². The lowest BCUT2D eigenvalue weighted by molar-refractivity contribution is 0.182. The van der Waals surface area contributed by atoms with Crippen LogP contribution in [0.4, 0.5) is 10.6 Å². The molecule has 3 atom stereocenters. The number of nitrogens with one attached hydrogen (secondary N) is 1. The van der Waals surface area contributed by atoms with Crippen molar-refractivity contribution in [1.82, 2.24) is 20.4 Å². The molecule has 0 unspecified atom stereocenters. The van der Waals surface area contributed by atoms with Crippen LogP contribution in [0.1, 0.15) is 36.3 Å². The SMILES string of the molecule is Cc1ccc([C@H]2C[C@@H]2NC(=O)N(C)[C@@H]2CCCN(c3cccnn3)C2)cc1Br. The number of halogens is 1. The number of likely N-dealkylation sites (N-methyl/N-ethyl adjacent to an activating group) is 1. The number of hydrogen-bond acceptors (Lipinski definition) is 4. The van der Waals surface area contributed by atoms with Gasteiger partial charge in [0.05, 0.1) is 6.04 Å². The predicted octanol–water partition coefficient (Wildman–Crippen LogP) is 3.71. The Morgan fingerprint density at radius 3 is 2.96 bits per heavy atom. The van der Waals surface area contributed by atoms with E-state index in [-0.39, 0.29) is 18.1 Å². The smallest absolute Gasteiger partial charge is 0.317 e. The number of hydrogen-bond donors (Lipinski definition) is 1. The quantitative estimate of drug-likeness (QED) is 0.781. The Balaban J connectivity index is 1.33. The lowest BCUT2D eigenvalue weighted by Crippen LogP contribution is -2.52. The highest BCUT2D eigenvalue weighted by Crippen LogP contribution is 2.42. The number of amides is 2. The summed E-state index contributed by atoms with van der Waals surface area (Å²) in [5.41, 5.74) is 2.52. The van der Waals surface area contributed by atoms with Crippen LogP contribution < -0.4 is 10.2 Å². The molecule has 2 aromatic rings. The molecule has 6 nitrogen and oxygen atoms in total. The molecule has 1 N–H and O–H groups in total. The zero-order valence-corrected chi connectivity index (χ0v) is 17.9. The van der Waals surface area contributed by atoms with E-state index >= 15 is 0 Å². The Labute approximate surface area is 174 Å². The molecule has 0 spiro atoms. The molecule has 2 heterocycles. The van der Waals surface area contributed by atoms with E-state index in [9.17, 15) is 4.79 Å². The molecular weight excluding hydrogens is 418 g/mol. The normalized spacial score (nSPS) is 24.0. The molecule has 7 heteroatoms. The number of aromatic nitrogens is 2. The number of anilines is 1. The summed E-state index contributed by atoms with van der Waals surface area (Å²) in [6.07, 6.45) is 4.75. The average Bonchev–Trinajstić information content (AvgIpc) is 3.49. The molecule has 148 valence electrons. The van der Waals surface area contributed by atoms with Gasteiger partial charge in [0.25, 0.3) is 0 Å². The van der Waals surface area contributed by atoms with E-state index in [4.69, 9.17) is 0 Å². The molecule has 4 rings (SSSR count).